The predicted octanol–water partition coefficient (Wildman–Crippen LogP) is 4.34. The molecular weight excluding hydrogens is 292 g/mol. The number of rotatable bonds is 3. The van der Waals surface area contributed by atoms with Gasteiger partial charge in [0.1, 0.15) is 6.07 Å². The molecule has 1 aromatic heterocycles. The number of fused-ring (bicyclic) bond motifs is 1. The minimum Gasteiger partial charge on any atom is -0.358 e. The number of hydrogen-bond acceptors (Lipinski definition) is 4. The molecule has 0 fully saturated rings. The summed E-state index contributed by atoms with van der Waals surface area (Å²) >= 11 is 1.47. The Kier molecular flexibility index (Phi) is 3.74. The van der Waals surface area contributed by atoms with E-state index in [2.05, 4.69) is 21.8 Å². The molecule has 0 aliphatic heterocycles. The van der Waals surface area contributed by atoms with Gasteiger partial charge in [0.25, 0.3) is 0 Å². The summed E-state index contributed by atoms with van der Waals surface area (Å²) in [7, 11) is 0. The molecule has 5 heteroatoms. The van der Waals surface area contributed by atoms with Crippen LogP contribution in [0, 0.1) is 29.6 Å². The number of benzene rings is 2. The second-order valence-corrected chi connectivity index (χ2v) is 5.71. The number of anilines is 1. The molecule has 0 unspecified atom stereocenters. The number of hydrogen-bond donors (Lipinski definition) is 2. The van der Waals surface area contributed by atoms with Crippen molar-refractivity contribution in [3.05, 3.63) is 59.3 Å². The maximum absolute atomic E-state index is 9.18. The third-order valence-corrected chi connectivity index (χ3v) is 4.26. The molecule has 106 valence electrons. The molecule has 0 aliphatic rings. The summed E-state index contributed by atoms with van der Waals surface area (Å²) in [5.41, 5.74) is 4.22. The van der Waals surface area contributed by atoms with Crippen LogP contribution < -0.4 is 4.72 Å². The van der Waals surface area contributed by atoms with Crippen molar-refractivity contribution in [1.29, 1.82) is 10.5 Å². The number of aryl methyl sites for hydroxylation is 1. The molecule has 0 saturated carbocycles. The number of aromatic nitrogens is 1. The fourth-order valence-electron chi connectivity index (χ4n) is 2.30. The molecular formula is C17H12N4S. The van der Waals surface area contributed by atoms with E-state index in [-0.39, 0.29) is 0 Å². The number of nitrogens with one attached hydrogen (secondary N) is 2. The van der Waals surface area contributed by atoms with Crippen LogP contribution >= 0.6 is 11.9 Å². The molecule has 22 heavy (non-hydrogen) atoms. The molecule has 3 aromatic rings. The lowest BCUT2D eigenvalue weighted by molar-refractivity contribution is 1.41. The summed E-state index contributed by atoms with van der Waals surface area (Å²) in [6.07, 6.45) is 1.73. The van der Waals surface area contributed by atoms with Gasteiger partial charge in [-0.05, 0) is 54.8 Å². The number of nitrogens with zero attached hydrogens (tertiary/aromatic N) is 2. The molecule has 0 radical (unpaired) electrons. The van der Waals surface area contributed by atoms with Crippen molar-refractivity contribution in [3.8, 4) is 12.1 Å². The van der Waals surface area contributed by atoms with Crippen molar-refractivity contribution in [2.75, 3.05) is 4.72 Å². The Labute approximate surface area is 132 Å². The van der Waals surface area contributed by atoms with Gasteiger partial charge in [0.05, 0.1) is 28.4 Å². The lowest BCUT2D eigenvalue weighted by Crippen LogP contribution is -1.90. The third kappa shape index (κ3) is 2.50. The first-order valence-corrected chi connectivity index (χ1v) is 7.48. The zero-order valence-electron chi connectivity index (χ0n) is 11.8. The van der Waals surface area contributed by atoms with Crippen LogP contribution in [0.4, 0.5) is 5.69 Å². The van der Waals surface area contributed by atoms with Crippen LogP contribution in [0.3, 0.4) is 0 Å². The Bertz CT molecular complexity index is 911. The summed E-state index contributed by atoms with van der Waals surface area (Å²) in [6, 6.07) is 15.7. The van der Waals surface area contributed by atoms with E-state index in [1.54, 1.807) is 18.3 Å². The predicted molar refractivity (Wildman–Crippen MR) is 88.4 cm³/mol. The maximum Gasteiger partial charge on any atom is 0.101 e. The van der Waals surface area contributed by atoms with Gasteiger partial charge in [0.2, 0.25) is 0 Å². The fraction of sp³-hybridized carbons (Fsp3) is 0.0588. The molecule has 4 nitrogen and oxygen atoms in total. The van der Waals surface area contributed by atoms with E-state index >= 15 is 0 Å². The standard InChI is InChI=1S/C17H12N4S/c1-11-2-7-15(17-16(11)13(9-19)10-20-17)21-22-14-5-3-12(8-18)4-6-14/h2-7,10,20-21H,1H3. The van der Waals surface area contributed by atoms with Crippen LogP contribution in [0.5, 0.6) is 0 Å². The van der Waals surface area contributed by atoms with Crippen LogP contribution in [0.2, 0.25) is 0 Å². The Balaban J connectivity index is 1.88. The van der Waals surface area contributed by atoms with E-state index in [0.717, 1.165) is 27.0 Å². The van der Waals surface area contributed by atoms with Gasteiger partial charge in [-0.2, -0.15) is 10.5 Å². The second kappa shape index (κ2) is 5.85. The van der Waals surface area contributed by atoms with Gasteiger partial charge < -0.3 is 9.71 Å². The molecule has 2 N–H and O–H groups in total. The lowest BCUT2D eigenvalue weighted by atomic mass is 10.1. The van der Waals surface area contributed by atoms with Crippen molar-refractivity contribution < 1.29 is 0 Å². The topological polar surface area (TPSA) is 75.4 Å². The van der Waals surface area contributed by atoms with Gasteiger partial charge in [-0.15, -0.1) is 0 Å². The van der Waals surface area contributed by atoms with Crippen LogP contribution in [0.25, 0.3) is 10.9 Å². The molecule has 3 rings (SSSR count). The molecule has 0 aliphatic carbocycles. The van der Waals surface area contributed by atoms with Crippen molar-refractivity contribution in [3.63, 3.8) is 0 Å². The van der Waals surface area contributed by atoms with Crippen molar-refractivity contribution in [2.24, 2.45) is 0 Å². The van der Waals surface area contributed by atoms with Crippen LogP contribution in [-0.2, 0) is 0 Å². The SMILES string of the molecule is Cc1ccc(NSc2ccc(C#N)cc2)c2[nH]cc(C#N)c12. The van der Waals surface area contributed by atoms with Gasteiger partial charge in [0.15, 0.2) is 0 Å². The molecule has 0 bridgehead atoms. The normalized spacial score (nSPS) is 10.1. The van der Waals surface area contributed by atoms with Gasteiger partial charge >= 0.3 is 0 Å². The highest BCUT2D eigenvalue weighted by molar-refractivity contribution is 8.00. The van der Waals surface area contributed by atoms with Crippen molar-refractivity contribution in [2.45, 2.75) is 11.8 Å². The monoisotopic (exact) mass is 304 g/mol. The van der Waals surface area contributed by atoms with E-state index in [0.29, 0.717) is 11.1 Å². The Morgan fingerprint density at radius 2 is 1.82 bits per heavy atom. The molecule has 0 saturated heterocycles. The van der Waals surface area contributed by atoms with E-state index in [1.165, 1.54) is 11.9 Å². The number of nitriles is 2. The molecule has 0 spiro atoms. The first-order valence-electron chi connectivity index (χ1n) is 6.66. The number of aromatic amines is 1. The van der Waals surface area contributed by atoms with E-state index in [9.17, 15) is 5.26 Å². The van der Waals surface area contributed by atoms with Crippen molar-refractivity contribution in [1.82, 2.24) is 4.98 Å². The highest BCUT2D eigenvalue weighted by atomic mass is 32.2. The number of H-pyrrole nitrogens is 1. The summed E-state index contributed by atoms with van der Waals surface area (Å²) in [4.78, 5) is 4.18. The average molecular weight is 304 g/mol. The molecule has 0 amide bonds. The highest BCUT2D eigenvalue weighted by Gasteiger charge is 2.10. The third-order valence-electron chi connectivity index (χ3n) is 3.43. The molecule has 2 aromatic carbocycles. The smallest absolute Gasteiger partial charge is 0.101 e. The van der Waals surface area contributed by atoms with Crippen LogP contribution in [0.15, 0.2) is 47.5 Å². The zero-order valence-corrected chi connectivity index (χ0v) is 12.7. The van der Waals surface area contributed by atoms with E-state index in [1.807, 2.05) is 31.2 Å². The summed E-state index contributed by atoms with van der Waals surface area (Å²) in [6.45, 7) is 1.99. The fourth-order valence-corrected chi connectivity index (χ4v) is 2.98. The summed E-state index contributed by atoms with van der Waals surface area (Å²) < 4.78 is 3.30. The summed E-state index contributed by atoms with van der Waals surface area (Å²) in [5, 5.41) is 18.9. The Morgan fingerprint density at radius 1 is 1.05 bits per heavy atom. The molecule has 0 atom stereocenters. The Hall–Kier alpha value is -2.89. The average Bonchev–Trinajstić information content (AvgIpc) is 3.00. The largest absolute Gasteiger partial charge is 0.358 e. The van der Waals surface area contributed by atoms with Gasteiger partial charge in [-0.25, -0.2) is 0 Å². The van der Waals surface area contributed by atoms with Crippen LogP contribution in [0.1, 0.15) is 16.7 Å². The quantitative estimate of drug-likeness (QED) is 0.706. The van der Waals surface area contributed by atoms with Gasteiger partial charge in [-0.3, -0.25) is 0 Å². The minimum absolute atomic E-state index is 0.644. The minimum atomic E-state index is 0.644. The lowest BCUT2D eigenvalue weighted by Gasteiger charge is -2.08. The first-order chi connectivity index (χ1) is 10.7. The van der Waals surface area contributed by atoms with Crippen LogP contribution in [-0.4, -0.2) is 4.98 Å². The van der Waals surface area contributed by atoms with Gasteiger partial charge in [0, 0.05) is 16.5 Å². The highest BCUT2D eigenvalue weighted by Crippen LogP contribution is 2.31. The van der Waals surface area contributed by atoms with Crippen molar-refractivity contribution >= 4 is 28.5 Å². The van der Waals surface area contributed by atoms with E-state index < -0.39 is 0 Å². The second-order valence-electron chi connectivity index (χ2n) is 4.83. The molecule has 1 heterocycles. The maximum atomic E-state index is 9.18. The van der Waals surface area contributed by atoms with Gasteiger partial charge in [-0.1, -0.05) is 6.07 Å². The first kappa shape index (κ1) is 14.1. The Morgan fingerprint density at radius 3 is 2.50 bits per heavy atom. The van der Waals surface area contributed by atoms with E-state index in [4.69, 9.17) is 5.26 Å². The zero-order chi connectivity index (χ0) is 15.5. The summed E-state index contributed by atoms with van der Waals surface area (Å²) in [5.74, 6) is 0.